The zero-order valence-corrected chi connectivity index (χ0v) is 13.9. The van der Waals surface area contributed by atoms with Crippen molar-refractivity contribution in [3.63, 3.8) is 0 Å². The van der Waals surface area contributed by atoms with E-state index in [1.807, 2.05) is 0 Å². The monoisotopic (exact) mass is 332 g/mol. The van der Waals surface area contributed by atoms with E-state index < -0.39 is 0 Å². The van der Waals surface area contributed by atoms with Gasteiger partial charge in [-0.25, -0.2) is 0 Å². The zero-order chi connectivity index (χ0) is 16.6. The Balaban J connectivity index is 1.53. The normalized spacial score (nSPS) is 19.9. The van der Waals surface area contributed by atoms with Gasteiger partial charge < -0.3 is 24.6 Å². The SMILES string of the molecule is C1=CN2Cc3cccc(n3)CN3C=CN(/C=c4/ccc([nH]4)=CN1C2)C3. The fourth-order valence-electron chi connectivity index (χ4n) is 3.40. The molecule has 8 bridgehead atoms. The van der Waals surface area contributed by atoms with Gasteiger partial charge in [-0.05, 0) is 24.3 Å². The maximum absolute atomic E-state index is 4.83. The number of pyridine rings is 1. The van der Waals surface area contributed by atoms with Crippen LogP contribution in [0.1, 0.15) is 11.4 Å². The summed E-state index contributed by atoms with van der Waals surface area (Å²) in [5.74, 6) is 0. The highest BCUT2D eigenvalue weighted by atomic mass is 15.3. The number of H-pyrrole nitrogens is 1. The van der Waals surface area contributed by atoms with Gasteiger partial charge in [0.15, 0.2) is 0 Å². The van der Waals surface area contributed by atoms with Crippen LogP contribution in [0.15, 0.2) is 55.1 Å². The summed E-state index contributed by atoms with van der Waals surface area (Å²) in [5.41, 5.74) is 2.20. The molecule has 1 N–H and O–H groups in total. The molecule has 0 radical (unpaired) electrons. The fourth-order valence-corrected chi connectivity index (χ4v) is 3.40. The highest BCUT2D eigenvalue weighted by Crippen LogP contribution is 2.14. The Hall–Kier alpha value is -3.15. The minimum Gasteiger partial charge on any atom is -0.353 e. The van der Waals surface area contributed by atoms with Crippen molar-refractivity contribution in [2.45, 2.75) is 13.1 Å². The van der Waals surface area contributed by atoms with Gasteiger partial charge in [0.05, 0.1) is 48.5 Å². The molecule has 0 saturated carbocycles. The fraction of sp³-hybridized carbons (Fsp3) is 0.211. The predicted molar refractivity (Wildman–Crippen MR) is 96.0 cm³/mol. The predicted octanol–water partition coefficient (Wildman–Crippen LogP) is 0.692. The number of nitrogens with zero attached hydrogens (tertiary/aromatic N) is 5. The Bertz CT molecular complexity index is 885. The maximum atomic E-state index is 4.83. The van der Waals surface area contributed by atoms with Crippen molar-refractivity contribution in [2.24, 2.45) is 0 Å². The molecule has 0 aliphatic carbocycles. The summed E-state index contributed by atoms with van der Waals surface area (Å²) in [6.07, 6.45) is 12.7. The van der Waals surface area contributed by atoms with Crippen molar-refractivity contribution in [3.05, 3.63) is 77.2 Å². The highest BCUT2D eigenvalue weighted by Gasteiger charge is 2.14. The molecule has 6 heteroatoms. The van der Waals surface area contributed by atoms with Crippen LogP contribution in [-0.4, -0.2) is 42.9 Å². The largest absolute Gasteiger partial charge is 0.353 e. The second-order valence-electron chi connectivity index (χ2n) is 6.65. The summed E-state index contributed by atoms with van der Waals surface area (Å²) < 4.78 is 0. The Kier molecular flexibility index (Phi) is 3.26. The average molecular weight is 332 g/mol. The lowest BCUT2D eigenvalue weighted by Crippen LogP contribution is -2.26. The van der Waals surface area contributed by atoms with E-state index in [1.54, 1.807) is 0 Å². The maximum Gasteiger partial charge on any atom is 0.0941 e. The lowest BCUT2D eigenvalue weighted by atomic mass is 10.3. The third kappa shape index (κ3) is 2.98. The molecule has 0 unspecified atom stereocenters. The van der Waals surface area contributed by atoms with Crippen LogP contribution in [0.5, 0.6) is 0 Å². The molecule has 0 fully saturated rings. The molecule has 0 amide bonds. The first-order chi connectivity index (χ1) is 12.3. The Morgan fingerprint density at radius 1 is 0.720 bits per heavy atom. The summed E-state index contributed by atoms with van der Waals surface area (Å²) in [5, 5.41) is 2.20. The molecular formula is C19H20N6. The van der Waals surface area contributed by atoms with E-state index in [0.717, 1.165) is 48.5 Å². The zero-order valence-electron chi connectivity index (χ0n) is 13.9. The molecule has 0 atom stereocenters. The summed E-state index contributed by atoms with van der Waals surface area (Å²) in [4.78, 5) is 17.2. The number of rotatable bonds is 0. The highest BCUT2D eigenvalue weighted by molar-refractivity contribution is 5.27. The third-order valence-corrected chi connectivity index (χ3v) is 4.56. The van der Waals surface area contributed by atoms with Crippen molar-refractivity contribution in [3.8, 4) is 0 Å². The second kappa shape index (κ2) is 5.73. The number of fused-ring (bicyclic) bond motifs is 8. The molecule has 25 heavy (non-hydrogen) atoms. The van der Waals surface area contributed by atoms with E-state index in [0.29, 0.717) is 0 Å². The van der Waals surface area contributed by atoms with Crippen LogP contribution >= 0.6 is 0 Å². The number of hydrogen-bond donors (Lipinski definition) is 1. The van der Waals surface area contributed by atoms with E-state index in [4.69, 9.17) is 4.98 Å². The number of nitrogens with one attached hydrogen (secondary N) is 1. The molecule has 2 aromatic heterocycles. The first kappa shape index (κ1) is 14.2. The molecule has 0 spiro atoms. The molecule has 6 nitrogen and oxygen atoms in total. The molecule has 3 aliphatic heterocycles. The lowest BCUT2D eigenvalue weighted by Gasteiger charge is -2.20. The van der Waals surface area contributed by atoms with E-state index in [1.165, 1.54) is 0 Å². The van der Waals surface area contributed by atoms with E-state index in [2.05, 4.69) is 92.1 Å². The third-order valence-electron chi connectivity index (χ3n) is 4.56. The van der Waals surface area contributed by atoms with Gasteiger partial charge in [-0.1, -0.05) is 6.07 Å². The average Bonchev–Trinajstić information content (AvgIpc) is 3.31. The topological polar surface area (TPSA) is 41.6 Å². The van der Waals surface area contributed by atoms with Crippen LogP contribution in [0.4, 0.5) is 0 Å². The molecule has 3 aliphatic rings. The Morgan fingerprint density at radius 3 is 1.84 bits per heavy atom. The van der Waals surface area contributed by atoms with E-state index in [9.17, 15) is 0 Å². The van der Waals surface area contributed by atoms with Crippen LogP contribution < -0.4 is 10.7 Å². The van der Waals surface area contributed by atoms with Gasteiger partial charge in [0.2, 0.25) is 0 Å². The van der Waals surface area contributed by atoms with Gasteiger partial charge in [0, 0.05) is 37.2 Å². The lowest BCUT2D eigenvalue weighted by molar-refractivity contribution is 0.310. The van der Waals surface area contributed by atoms with Gasteiger partial charge in [-0.15, -0.1) is 0 Å². The smallest absolute Gasteiger partial charge is 0.0941 e. The molecule has 5 rings (SSSR count). The Morgan fingerprint density at radius 2 is 1.28 bits per heavy atom. The van der Waals surface area contributed by atoms with Crippen LogP contribution in [0.3, 0.4) is 0 Å². The minimum atomic E-state index is 0.820. The number of hydrogen-bond acceptors (Lipinski definition) is 5. The van der Waals surface area contributed by atoms with E-state index >= 15 is 0 Å². The first-order valence-electron chi connectivity index (χ1n) is 8.50. The van der Waals surface area contributed by atoms with Gasteiger partial charge in [0.25, 0.3) is 0 Å². The Labute approximate surface area is 146 Å². The number of aromatic amines is 1. The molecular weight excluding hydrogens is 312 g/mol. The molecule has 2 aromatic rings. The van der Waals surface area contributed by atoms with Crippen molar-refractivity contribution in [1.29, 1.82) is 0 Å². The van der Waals surface area contributed by atoms with Crippen LogP contribution in [-0.2, 0) is 13.1 Å². The second-order valence-corrected chi connectivity index (χ2v) is 6.65. The van der Waals surface area contributed by atoms with Crippen molar-refractivity contribution < 1.29 is 0 Å². The standard InChI is InChI=1S/C19H20N6/c1-2-16-10-22-6-8-24(14-22)12-18-4-5-19(21-18)13-25-9-7-23(15-25)11-17(3-1)20-16/h1-9,12-13,21H,10-11,14-15H2/b18-12-,19-13?. The number of aromatic nitrogens is 2. The quantitative estimate of drug-likeness (QED) is 0.769. The van der Waals surface area contributed by atoms with Gasteiger partial charge in [-0.3, -0.25) is 4.98 Å². The molecule has 0 saturated heterocycles. The molecule has 5 heterocycles. The molecule has 0 aromatic carbocycles. The summed E-state index contributed by atoms with van der Waals surface area (Å²) >= 11 is 0. The van der Waals surface area contributed by atoms with Crippen molar-refractivity contribution in [1.82, 2.24) is 29.6 Å². The van der Waals surface area contributed by atoms with Crippen LogP contribution in [0.2, 0.25) is 0 Å². The van der Waals surface area contributed by atoms with Crippen LogP contribution in [0.25, 0.3) is 12.4 Å². The minimum absolute atomic E-state index is 0.820. The van der Waals surface area contributed by atoms with Gasteiger partial charge in [0.1, 0.15) is 0 Å². The summed E-state index contributed by atoms with van der Waals surface area (Å²) in [6, 6.07) is 10.5. The van der Waals surface area contributed by atoms with Crippen molar-refractivity contribution >= 4 is 12.4 Å². The molecule has 126 valence electrons. The first-order valence-corrected chi connectivity index (χ1v) is 8.50. The van der Waals surface area contributed by atoms with Crippen molar-refractivity contribution in [2.75, 3.05) is 13.3 Å². The van der Waals surface area contributed by atoms with Gasteiger partial charge in [-0.2, -0.15) is 0 Å². The summed E-state index contributed by atoms with van der Waals surface area (Å²) in [7, 11) is 0. The van der Waals surface area contributed by atoms with E-state index in [-0.39, 0.29) is 0 Å². The summed E-state index contributed by atoms with van der Waals surface area (Å²) in [6.45, 7) is 3.31. The van der Waals surface area contributed by atoms with Gasteiger partial charge >= 0.3 is 0 Å². The van der Waals surface area contributed by atoms with Crippen LogP contribution in [0, 0.1) is 0 Å².